The number of carboxylic acid groups (broad SMARTS) is 1. The lowest BCUT2D eigenvalue weighted by atomic mass is 9.95. The molecule has 0 aromatic heterocycles. The first-order chi connectivity index (χ1) is 14.7. The average Bonchev–Trinajstić information content (AvgIpc) is 2.98. The lowest BCUT2D eigenvalue weighted by Gasteiger charge is -2.25. The summed E-state index contributed by atoms with van der Waals surface area (Å²) >= 11 is 0. The SMILES string of the molecule is Cc1ccc(/C(O)=C2\C(=O)C(=O)N(CCCC(=O)O)[C@@H]2c2ccc([N+](=O)[O-])cc2)cc1. The Hall–Kier alpha value is -4.01. The summed E-state index contributed by atoms with van der Waals surface area (Å²) in [5.41, 5.74) is 1.38. The number of carbonyl (C=O) groups is 3. The molecule has 1 heterocycles. The number of non-ortho nitro benzene ring substituents is 1. The van der Waals surface area contributed by atoms with Gasteiger partial charge in [-0.05, 0) is 31.0 Å². The molecule has 0 unspecified atom stereocenters. The fraction of sp³-hybridized carbons (Fsp3) is 0.227. The number of nitrogens with zero attached hydrogens (tertiary/aromatic N) is 2. The highest BCUT2D eigenvalue weighted by molar-refractivity contribution is 6.46. The summed E-state index contributed by atoms with van der Waals surface area (Å²) < 4.78 is 0. The minimum Gasteiger partial charge on any atom is -0.507 e. The van der Waals surface area contributed by atoms with Crippen LogP contribution in [-0.4, -0.2) is 44.2 Å². The van der Waals surface area contributed by atoms with Crippen LogP contribution in [0.15, 0.2) is 54.1 Å². The van der Waals surface area contributed by atoms with Crippen LogP contribution in [0.25, 0.3) is 5.76 Å². The molecule has 1 fully saturated rings. The van der Waals surface area contributed by atoms with Crippen molar-refractivity contribution < 1.29 is 29.5 Å². The molecule has 9 heteroatoms. The summed E-state index contributed by atoms with van der Waals surface area (Å²) in [4.78, 5) is 48.0. The number of nitro benzene ring substituents is 1. The number of likely N-dealkylation sites (tertiary alicyclic amines) is 1. The monoisotopic (exact) mass is 424 g/mol. The first-order valence-corrected chi connectivity index (χ1v) is 9.52. The minimum absolute atomic E-state index is 0.0246. The zero-order valence-corrected chi connectivity index (χ0v) is 16.6. The average molecular weight is 424 g/mol. The summed E-state index contributed by atoms with van der Waals surface area (Å²) in [6, 6.07) is 11.1. The molecule has 1 aliphatic rings. The number of amides is 1. The number of aliphatic hydroxyl groups is 1. The van der Waals surface area contributed by atoms with Gasteiger partial charge in [0.15, 0.2) is 0 Å². The third-order valence-corrected chi connectivity index (χ3v) is 5.07. The van der Waals surface area contributed by atoms with Crippen molar-refractivity contribution in [2.24, 2.45) is 0 Å². The molecule has 0 saturated carbocycles. The van der Waals surface area contributed by atoms with E-state index in [1.54, 1.807) is 24.3 Å². The van der Waals surface area contributed by atoms with E-state index in [4.69, 9.17) is 5.11 Å². The molecule has 1 amide bonds. The number of aliphatic carboxylic acids is 1. The van der Waals surface area contributed by atoms with E-state index < -0.39 is 28.6 Å². The number of aliphatic hydroxyl groups excluding tert-OH is 1. The third kappa shape index (κ3) is 4.45. The van der Waals surface area contributed by atoms with E-state index in [0.717, 1.165) is 5.56 Å². The second-order valence-electron chi connectivity index (χ2n) is 7.20. The lowest BCUT2D eigenvalue weighted by Crippen LogP contribution is -2.31. The van der Waals surface area contributed by atoms with E-state index >= 15 is 0 Å². The predicted molar refractivity (Wildman–Crippen MR) is 110 cm³/mol. The summed E-state index contributed by atoms with van der Waals surface area (Å²) in [7, 11) is 0. The largest absolute Gasteiger partial charge is 0.507 e. The molecule has 0 spiro atoms. The highest BCUT2D eigenvalue weighted by Crippen LogP contribution is 2.40. The molecular formula is C22H20N2O7. The maximum atomic E-state index is 12.8. The number of rotatable bonds is 7. The topological polar surface area (TPSA) is 138 Å². The van der Waals surface area contributed by atoms with Gasteiger partial charge < -0.3 is 15.1 Å². The fourth-order valence-corrected chi connectivity index (χ4v) is 3.50. The Bertz CT molecular complexity index is 1070. The van der Waals surface area contributed by atoms with Gasteiger partial charge in [0, 0.05) is 30.7 Å². The van der Waals surface area contributed by atoms with Gasteiger partial charge in [0.25, 0.3) is 17.4 Å². The van der Waals surface area contributed by atoms with Gasteiger partial charge in [0.05, 0.1) is 16.5 Å². The number of carboxylic acids is 1. The van der Waals surface area contributed by atoms with Crippen LogP contribution in [0.4, 0.5) is 5.69 Å². The lowest BCUT2D eigenvalue weighted by molar-refractivity contribution is -0.384. The molecule has 2 N–H and O–H groups in total. The quantitative estimate of drug-likeness (QED) is 0.229. The van der Waals surface area contributed by atoms with Gasteiger partial charge in [0.2, 0.25) is 0 Å². The highest BCUT2D eigenvalue weighted by atomic mass is 16.6. The van der Waals surface area contributed by atoms with Crippen LogP contribution in [0.5, 0.6) is 0 Å². The van der Waals surface area contributed by atoms with Gasteiger partial charge in [-0.25, -0.2) is 0 Å². The molecule has 1 saturated heterocycles. The van der Waals surface area contributed by atoms with Crippen LogP contribution in [-0.2, 0) is 14.4 Å². The number of aryl methyl sites for hydroxylation is 1. The van der Waals surface area contributed by atoms with Crippen molar-refractivity contribution in [2.45, 2.75) is 25.8 Å². The van der Waals surface area contributed by atoms with E-state index in [1.807, 2.05) is 6.92 Å². The molecule has 160 valence electrons. The van der Waals surface area contributed by atoms with Gasteiger partial charge in [-0.1, -0.05) is 29.8 Å². The first-order valence-electron chi connectivity index (χ1n) is 9.52. The predicted octanol–water partition coefficient (Wildman–Crippen LogP) is 3.19. The molecular weight excluding hydrogens is 404 g/mol. The van der Waals surface area contributed by atoms with Crippen molar-refractivity contribution in [3.63, 3.8) is 0 Å². The Labute approximate surface area is 177 Å². The minimum atomic E-state index is -1.04. The van der Waals surface area contributed by atoms with Crippen molar-refractivity contribution in [1.82, 2.24) is 4.90 Å². The molecule has 1 aliphatic heterocycles. The van der Waals surface area contributed by atoms with Gasteiger partial charge in [-0.3, -0.25) is 24.5 Å². The normalized spacial score (nSPS) is 17.7. The zero-order valence-electron chi connectivity index (χ0n) is 16.6. The van der Waals surface area contributed by atoms with Crippen LogP contribution >= 0.6 is 0 Å². The van der Waals surface area contributed by atoms with Crippen LogP contribution in [0.2, 0.25) is 0 Å². The molecule has 31 heavy (non-hydrogen) atoms. The van der Waals surface area contributed by atoms with Crippen molar-refractivity contribution in [3.8, 4) is 0 Å². The third-order valence-electron chi connectivity index (χ3n) is 5.07. The van der Waals surface area contributed by atoms with E-state index in [0.29, 0.717) is 11.1 Å². The van der Waals surface area contributed by atoms with Crippen molar-refractivity contribution in [2.75, 3.05) is 6.54 Å². The summed E-state index contributed by atoms with van der Waals surface area (Å²) in [6.45, 7) is 1.84. The van der Waals surface area contributed by atoms with Crippen LogP contribution < -0.4 is 0 Å². The smallest absolute Gasteiger partial charge is 0.303 e. The molecule has 0 aliphatic carbocycles. The number of benzene rings is 2. The number of nitro groups is 1. The van der Waals surface area contributed by atoms with Crippen molar-refractivity contribution >= 4 is 29.1 Å². The number of Topliss-reactive ketones (excluding diaryl/α,β-unsaturated/α-hetero) is 1. The number of carbonyl (C=O) groups excluding carboxylic acids is 2. The van der Waals surface area contributed by atoms with Gasteiger partial charge >= 0.3 is 5.97 Å². The second-order valence-corrected chi connectivity index (χ2v) is 7.20. The molecule has 1 atom stereocenters. The fourth-order valence-electron chi connectivity index (χ4n) is 3.50. The maximum absolute atomic E-state index is 12.8. The molecule has 0 radical (unpaired) electrons. The summed E-state index contributed by atoms with van der Waals surface area (Å²) in [6.07, 6.45) is -0.0929. The van der Waals surface area contributed by atoms with Crippen LogP contribution in [0.3, 0.4) is 0 Å². The van der Waals surface area contributed by atoms with E-state index in [2.05, 4.69) is 0 Å². The maximum Gasteiger partial charge on any atom is 0.303 e. The summed E-state index contributed by atoms with van der Waals surface area (Å²) in [5, 5.41) is 30.8. The molecule has 0 bridgehead atoms. The summed E-state index contributed by atoms with van der Waals surface area (Å²) in [5.74, 6) is -3.15. The second kappa shape index (κ2) is 8.78. The highest BCUT2D eigenvalue weighted by Gasteiger charge is 2.45. The Kier molecular flexibility index (Phi) is 6.15. The molecule has 3 rings (SSSR count). The molecule has 2 aromatic carbocycles. The van der Waals surface area contributed by atoms with Crippen LogP contribution in [0, 0.1) is 17.0 Å². The van der Waals surface area contributed by atoms with E-state index in [1.165, 1.54) is 29.2 Å². The van der Waals surface area contributed by atoms with Gasteiger partial charge in [0.1, 0.15) is 5.76 Å². The number of hydrogen-bond donors (Lipinski definition) is 2. The Morgan fingerprint density at radius 3 is 2.23 bits per heavy atom. The zero-order chi connectivity index (χ0) is 22.7. The van der Waals surface area contributed by atoms with E-state index in [-0.39, 0.29) is 36.4 Å². The first kappa shape index (κ1) is 21.7. The Morgan fingerprint density at radius 1 is 1.06 bits per heavy atom. The number of hydrogen-bond acceptors (Lipinski definition) is 6. The Balaban J connectivity index is 2.10. The standard InChI is InChI=1S/C22H20N2O7/c1-13-4-6-15(7-5-13)20(27)18-19(14-8-10-16(11-9-14)24(30)31)23(22(29)21(18)28)12-2-3-17(25)26/h4-11,19,27H,2-3,12H2,1H3,(H,25,26)/b20-18+/t19-/m1/s1. The van der Waals surface area contributed by atoms with Crippen molar-refractivity contribution in [1.29, 1.82) is 0 Å². The molecule has 9 nitrogen and oxygen atoms in total. The molecule has 2 aromatic rings. The van der Waals surface area contributed by atoms with E-state index in [9.17, 15) is 29.6 Å². The number of ketones is 1. The van der Waals surface area contributed by atoms with Gasteiger partial charge in [-0.15, -0.1) is 0 Å². The van der Waals surface area contributed by atoms with Crippen LogP contribution in [0.1, 0.15) is 35.6 Å². The van der Waals surface area contributed by atoms with Gasteiger partial charge in [-0.2, -0.15) is 0 Å². The Morgan fingerprint density at radius 2 is 1.68 bits per heavy atom. The van der Waals surface area contributed by atoms with Crippen molar-refractivity contribution in [3.05, 3.63) is 80.9 Å².